The molecule has 1 aromatic carbocycles. The van der Waals surface area contributed by atoms with E-state index in [0.29, 0.717) is 11.9 Å². The number of aromatic nitrogens is 2. The first kappa shape index (κ1) is 16.4. The van der Waals surface area contributed by atoms with Gasteiger partial charge in [0.25, 0.3) is 0 Å². The van der Waals surface area contributed by atoms with Crippen molar-refractivity contribution in [1.29, 1.82) is 0 Å². The van der Waals surface area contributed by atoms with Gasteiger partial charge in [0, 0.05) is 30.7 Å². The molecule has 3 heterocycles. The van der Waals surface area contributed by atoms with Crippen molar-refractivity contribution in [3.63, 3.8) is 0 Å². The second-order valence-corrected chi connectivity index (χ2v) is 6.71. The number of rotatable bonds is 4. The Bertz CT molecular complexity index is 754. The predicted octanol–water partition coefficient (Wildman–Crippen LogP) is 2.15. The van der Waals surface area contributed by atoms with Crippen molar-refractivity contribution in [3.05, 3.63) is 18.2 Å². The third kappa shape index (κ3) is 3.21. The smallest absolute Gasteiger partial charge is 0.242 e. The third-order valence-corrected chi connectivity index (χ3v) is 5.27. The average molecular weight is 344 g/mol. The van der Waals surface area contributed by atoms with Gasteiger partial charge in [-0.25, -0.2) is 0 Å². The minimum Gasteiger partial charge on any atom is -0.497 e. The van der Waals surface area contributed by atoms with Gasteiger partial charge in [0.2, 0.25) is 5.91 Å². The summed E-state index contributed by atoms with van der Waals surface area (Å²) in [6, 6.07) is 6.04. The monoisotopic (exact) mass is 344 g/mol. The Balaban J connectivity index is 1.49. The first-order valence-electron chi connectivity index (χ1n) is 8.93. The van der Waals surface area contributed by atoms with Crippen LogP contribution in [0.4, 0.5) is 5.82 Å². The summed E-state index contributed by atoms with van der Waals surface area (Å²) in [4.78, 5) is 15.2. The maximum Gasteiger partial charge on any atom is 0.242 e. The van der Waals surface area contributed by atoms with Crippen LogP contribution in [0.1, 0.15) is 25.7 Å². The lowest BCUT2D eigenvalue weighted by molar-refractivity contribution is -0.121. The number of carbonyl (C=O) groups is 1. The van der Waals surface area contributed by atoms with E-state index >= 15 is 0 Å². The van der Waals surface area contributed by atoms with Crippen LogP contribution in [0, 0.1) is 0 Å². The van der Waals surface area contributed by atoms with Crippen molar-refractivity contribution in [2.75, 3.05) is 32.2 Å². The van der Waals surface area contributed by atoms with E-state index in [1.807, 2.05) is 18.2 Å². The Morgan fingerprint density at radius 2 is 2.20 bits per heavy atom. The van der Waals surface area contributed by atoms with Crippen molar-refractivity contribution in [2.45, 2.75) is 37.8 Å². The number of H-pyrrole nitrogens is 1. The van der Waals surface area contributed by atoms with E-state index in [4.69, 9.17) is 9.47 Å². The number of nitrogens with zero attached hydrogens (tertiary/aromatic N) is 2. The van der Waals surface area contributed by atoms with Gasteiger partial charge in [-0.1, -0.05) is 0 Å². The largest absolute Gasteiger partial charge is 0.497 e. The molecular weight excluding hydrogens is 320 g/mol. The lowest BCUT2D eigenvalue weighted by Gasteiger charge is -2.34. The Morgan fingerprint density at radius 3 is 3.00 bits per heavy atom. The van der Waals surface area contributed by atoms with Crippen molar-refractivity contribution in [2.24, 2.45) is 0 Å². The molecule has 25 heavy (non-hydrogen) atoms. The van der Waals surface area contributed by atoms with E-state index in [-0.39, 0.29) is 11.9 Å². The van der Waals surface area contributed by atoms with E-state index in [1.54, 1.807) is 7.11 Å². The van der Waals surface area contributed by atoms with Crippen LogP contribution in [0.25, 0.3) is 10.9 Å². The molecule has 2 aliphatic heterocycles. The molecule has 1 atom stereocenters. The molecule has 7 nitrogen and oxygen atoms in total. The van der Waals surface area contributed by atoms with Crippen LogP contribution in [0.15, 0.2) is 18.2 Å². The number of methoxy groups -OCH3 is 1. The van der Waals surface area contributed by atoms with Gasteiger partial charge in [-0.3, -0.25) is 14.8 Å². The summed E-state index contributed by atoms with van der Waals surface area (Å²) in [5, 5.41) is 11.1. The summed E-state index contributed by atoms with van der Waals surface area (Å²) in [5.41, 5.74) is 0.849. The fourth-order valence-electron chi connectivity index (χ4n) is 3.95. The molecule has 2 aromatic rings. The van der Waals surface area contributed by atoms with Crippen LogP contribution >= 0.6 is 0 Å². The van der Waals surface area contributed by atoms with E-state index < -0.39 is 0 Å². The van der Waals surface area contributed by atoms with Gasteiger partial charge in [-0.05, 0) is 44.4 Å². The number of benzene rings is 1. The standard InChI is InChI=1S/C18H24N4O3/c1-24-13-4-5-14-15(11-13)20-21-17(14)19-18(23)16-3-2-8-22(16)12-6-9-25-10-7-12/h4-5,11-12,16H,2-3,6-10H2,1H3,(H2,19,20,21,23)/t16-/m0/s1. The maximum absolute atomic E-state index is 12.9. The number of amides is 1. The lowest BCUT2D eigenvalue weighted by atomic mass is 10.1. The third-order valence-electron chi connectivity index (χ3n) is 5.27. The van der Waals surface area contributed by atoms with E-state index in [9.17, 15) is 4.79 Å². The van der Waals surface area contributed by atoms with Crippen molar-refractivity contribution < 1.29 is 14.3 Å². The molecule has 0 spiro atoms. The summed E-state index contributed by atoms with van der Waals surface area (Å²) < 4.78 is 10.7. The Hall–Kier alpha value is -2.12. The van der Waals surface area contributed by atoms with Gasteiger partial charge in [-0.15, -0.1) is 0 Å². The fourth-order valence-corrected chi connectivity index (χ4v) is 3.95. The average Bonchev–Trinajstić information content (AvgIpc) is 3.29. The first-order chi connectivity index (χ1) is 12.3. The fraction of sp³-hybridized carbons (Fsp3) is 0.556. The number of carbonyl (C=O) groups excluding carboxylic acids is 1. The number of ether oxygens (including phenoxy) is 2. The molecule has 2 N–H and O–H groups in total. The highest BCUT2D eigenvalue weighted by Gasteiger charge is 2.36. The number of fused-ring (bicyclic) bond motifs is 1. The van der Waals surface area contributed by atoms with Gasteiger partial charge in [0.1, 0.15) is 5.75 Å². The molecular formula is C18H24N4O3. The molecule has 1 amide bonds. The zero-order valence-electron chi connectivity index (χ0n) is 14.5. The van der Waals surface area contributed by atoms with Crippen molar-refractivity contribution in [1.82, 2.24) is 15.1 Å². The summed E-state index contributed by atoms with van der Waals surface area (Å²) in [7, 11) is 1.63. The first-order valence-corrected chi connectivity index (χ1v) is 8.93. The summed E-state index contributed by atoms with van der Waals surface area (Å²) in [5.74, 6) is 1.38. The molecule has 134 valence electrons. The van der Waals surface area contributed by atoms with Crippen LogP contribution in [-0.4, -0.2) is 60.0 Å². The molecule has 0 saturated carbocycles. The number of hydrogen-bond acceptors (Lipinski definition) is 5. The van der Waals surface area contributed by atoms with Gasteiger partial charge in [0.15, 0.2) is 5.82 Å². The minimum absolute atomic E-state index is 0.0354. The van der Waals surface area contributed by atoms with Crippen LogP contribution in [-0.2, 0) is 9.53 Å². The molecule has 0 bridgehead atoms. The predicted molar refractivity (Wildman–Crippen MR) is 94.8 cm³/mol. The Morgan fingerprint density at radius 1 is 1.36 bits per heavy atom. The second-order valence-electron chi connectivity index (χ2n) is 6.71. The van der Waals surface area contributed by atoms with Gasteiger partial charge < -0.3 is 14.8 Å². The zero-order chi connectivity index (χ0) is 17.2. The topological polar surface area (TPSA) is 79.5 Å². The molecule has 0 unspecified atom stereocenters. The van der Waals surface area contributed by atoms with Gasteiger partial charge in [0.05, 0.1) is 18.7 Å². The second kappa shape index (κ2) is 7.01. The molecule has 2 saturated heterocycles. The lowest BCUT2D eigenvalue weighted by Crippen LogP contribution is -2.47. The van der Waals surface area contributed by atoms with E-state index in [0.717, 1.165) is 62.1 Å². The molecule has 2 aliphatic rings. The van der Waals surface area contributed by atoms with Crippen LogP contribution in [0.2, 0.25) is 0 Å². The molecule has 7 heteroatoms. The molecule has 0 aliphatic carbocycles. The van der Waals surface area contributed by atoms with Crippen molar-refractivity contribution in [3.8, 4) is 5.75 Å². The molecule has 2 fully saturated rings. The SMILES string of the molecule is COc1ccc2c(NC(=O)[C@@H]3CCCN3C3CCOCC3)n[nH]c2c1. The number of hydrogen-bond donors (Lipinski definition) is 2. The Labute approximate surface area is 146 Å². The quantitative estimate of drug-likeness (QED) is 0.888. The highest BCUT2D eigenvalue weighted by Crippen LogP contribution is 2.28. The number of nitrogens with one attached hydrogen (secondary N) is 2. The van der Waals surface area contributed by atoms with Crippen LogP contribution in [0.5, 0.6) is 5.75 Å². The van der Waals surface area contributed by atoms with Crippen LogP contribution in [0.3, 0.4) is 0 Å². The molecule has 4 rings (SSSR count). The van der Waals surface area contributed by atoms with Gasteiger partial charge in [-0.2, -0.15) is 5.10 Å². The highest BCUT2D eigenvalue weighted by atomic mass is 16.5. The molecule has 0 radical (unpaired) electrons. The summed E-state index contributed by atoms with van der Waals surface area (Å²) in [6.07, 6.45) is 3.98. The summed E-state index contributed by atoms with van der Waals surface area (Å²) >= 11 is 0. The molecule has 1 aromatic heterocycles. The maximum atomic E-state index is 12.9. The van der Waals surface area contributed by atoms with Gasteiger partial charge >= 0.3 is 0 Å². The Kier molecular flexibility index (Phi) is 4.59. The summed E-state index contributed by atoms with van der Waals surface area (Å²) in [6.45, 7) is 2.57. The van der Waals surface area contributed by atoms with E-state index in [1.165, 1.54) is 0 Å². The number of aromatic amines is 1. The minimum atomic E-state index is -0.0758. The van der Waals surface area contributed by atoms with Crippen molar-refractivity contribution >= 4 is 22.6 Å². The van der Waals surface area contributed by atoms with Crippen LogP contribution < -0.4 is 10.1 Å². The van der Waals surface area contributed by atoms with E-state index in [2.05, 4.69) is 20.4 Å². The normalized spacial score (nSPS) is 22.4. The zero-order valence-corrected chi connectivity index (χ0v) is 14.5. The number of anilines is 1. The highest BCUT2D eigenvalue weighted by molar-refractivity contribution is 6.02. The number of likely N-dealkylation sites (tertiary alicyclic amines) is 1.